The van der Waals surface area contributed by atoms with Gasteiger partial charge in [-0.25, -0.2) is 0 Å². The van der Waals surface area contributed by atoms with Crippen molar-refractivity contribution in [3.63, 3.8) is 0 Å². The van der Waals surface area contributed by atoms with Crippen molar-refractivity contribution in [1.82, 2.24) is 3.11 Å². The van der Waals surface area contributed by atoms with Crippen molar-refractivity contribution in [3.8, 4) is 0 Å². The van der Waals surface area contributed by atoms with E-state index in [1.165, 1.54) is 25.9 Å². The molecule has 1 heterocycles. The monoisotopic (exact) mass is 353 g/mol. The van der Waals surface area contributed by atoms with Gasteiger partial charge >= 0.3 is 76.9 Å². The van der Waals surface area contributed by atoms with E-state index in [2.05, 4.69) is 21.7 Å². The molecule has 1 saturated heterocycles. The van der Waals surface area contributed by atoms with Crippen molar-refractivity contribution in [3.05, 3.63) is 0 Å². The van der Waals surface area contributed by atoms with Gasteiger partial charge in [-0.2, -0.15) is 0 Å². The van der Waals surface area contributed by atoms with Crippen LogP contribution in [-0.4, -0.2) is 22.2 Å². The van der Waals surface area contributed by atoms with E-state index in [-0.39, 0.29) is 0 Å². The molecule has 1 rings (SSSR count). The maximum absolute atomic E-state index is 5.73. The molecule has 0 radical (unpaired) electrons. The molecule has 2 N–H and O–H groups in total. The van der Waals surface area contributed by atoms with Gasteiger partial charge in [0.2, 0.25) is 0 Å². The molecule has 0 bridgehead atoms. The number of piperidine rings is 1. The Kier molecular flexibility index (Phi) is 4.05. The number of hydrogen-bond donors (Lipinski definition) is 1. The van der Waals surface area contributed by atoms with Crippen LogP contribution in [0.25, 0.3) is 0 Å². The summed E-state index contributed by atoms with van der Waals surface area (Å²) < 4.78 is 2.54. The third-order valence-corrected chi connectivity index (χ3v) is 6.52. The first-order chi connectivity index (χ1) is 4.33. The summed E-state index contributed by atoms with van der Waals surface area (Å²) in [5, 5.41) is 0. The zero-order valence-corrected chi connectivity index (χ0v) is 9.50. The Balaban J connectivity index is 2.18. The predicted octanol–water partition coefficient (Wildman–Crippen LogP) is -2.24. The van der Waals surface area contributed by atoms with Crippen LogP contribution in [-0.2, 0) is 0 Å². The molecule has 1 aliphatic rings. The molecule has 1 aliphatic heterocycles. The molecule has 0 unspecified atom stereocenters. The zero-order valence-electron chi connectivity index (χ0n) is 5.19. The van der Waals surface area contributed by atoms with Crippen LogP contribution in [0.1, 0.15) is 12.8 Å². The average Bonchev–Trinajstić information content (AvgIpc) is 1.90. The van der Waals surface area contributed by atoms with E-state index >= 15 is 0 Å². The summed E-state index contributed by atoms with van der Waals surface area (Å²) in [6.07, 6.45) is 2.42. The SMILES string of the molecule is NC1CCN([I-]I)CC1. The van der Waals surface area contributed by atoms with Gasteiger partial charge in [-0.1, -0.05) is 0 Å². The second-order valence-electron chi connectivity index (χ2n) is 2.31. The first-order valence-corrected chi connectivity index (χ1v) is 10.3. The Bertz CT molecular complexity index is 81.0. The second kappa shape index (κ2) is 4.30. The van der Waals surface area contributed by atoms with E-state index in [9.17, 15) is 0 Å². The van der Waals surface area contributed by atoms with Crippen LogP contribution in [0.3, 0.4) is 0 Å². The zero-order chi connectivity index (χ0) is 6.69. The fourth-order valence-electron chi connectivity index (χ4n) is 0.932. The summed E-state index contributed by atoms with van der Waals surface area (Å²) >= 11 is 2.82. The molecule has 56 valence electrons. The van der Waals surface area contributed by atoms with Gasteiger partial charge in [-0.05, 0) is 0 Å². The summed E-state index contributed by atoms with van der Waals surface area (Å²) in [4.78, 5) is 0. The predicted molar refractivity (Wildman–Crippen MR) is 42.8 cm³/mol. The van der Waals surface area contributed by atoms with Gasteiger partial charge in [0, 0.05) is 0 Å². The van der Waals surface area contributed by atoms with Crippen molar-refractivity contribution < 1.29 is 17.5 Å². The number of hydrogen-bond acceptors (Lipinski definition) is 2. The second-order valence-corrected chi connectivity index (χ2v) is 6.49. The Hall–Kier alpha value is 1.38. The van der Waals surface area contributed by atoms with Gasteiger partial charge in [0.25, 0.3) is 0 Å². The minimum absolute atomic E-state index is 0.315. The fraction of sp³-hybridized carbons (Fsp3) is 1.00. The van der Waals surface area contributed by atoms with Crippen molar-refractivity contribution >= 4 is 18.6 Å². The fourth-order valence-corrected chi connectivity index (χ4v) is 4.30. The van der Waals surface area contributed by atoms with Crippen LogP contribution in [0.5, 0.6) is 0 Å². The van der Waals surface area contributed by atoms with E-state index in [0.717, 1.165) is 0 Å². The Morgan fingerprint density at radius 3 is 2.44 bits per heavy atom. The van der Waals surface area contributed by atoms with E-state index < -0.39 is 0 Å². The van der Waals surface area contributed by atoms with Gasteiger partial charge < -0.3 is 0 Å². The molecule has 0 aliphatic carbocycles. The van der Waals surface area contributed by atoms with Crippen LogP contribution in [0, 0.1) is 0 Å². The Morgan fingerprint density at radius 1 is 1.44 bits per heavy atom. The van der Waals surface area contributed by atoms with Crippen molar-refractivity contribution in [2.75, 3.05) is 13.1 Å². The van der Waals surface area contributed by atoms with Crippen LogP contribution >= 0.6 is 18.6 Å². The molecule has 0 amide bonds. The molecule has 1 fully saturated rings. The van der Waals surface area contributed by atoms with Crippen LogP contribution in [0.2, 0.25) is 0 Å². The third kappa shape index (κ3) is 2.85. The molecule has 0 spiro atoms. The summed E-state index contributed by atoms with van der Waals surface area (Å²) in [7, 11) is 0. The van der Waals surface area contributed by atoms with Gasteiger partial charge in [0.15, 0.2) is 0 Å². The quantitative estimate of drug-likeness (QED) is 0.427. The molecular formula is C5H11I2N2-. The van der Waals surface area contributed by atoms with Crippen molar-refractivity contribution in [2.24, 2.45) is 5.73 Å². The normalized spacial score (nSPS) is 25.1. The van der Waals surface area contributed by atoms with Crippen LogP contribution < -0.4 is 23.2 Å². The van der Waals surface area contributed by atoms with E-state index in [4.69, 9.17) is 5.73 Å². The molecule has 2 nitrogen and oxygen atoms in total. The van der Waals surface area contributed by atoms with Gasteiger partial charge in [0.1, 0.15) is 0 Å². The van der Waals surface area contributed by atoms with E-state index in [1.54, 1.807) is 0 Å². The van der Waals surface area contributed by atoms with Crippen LogP contribution in [0.4, 0.5) is 0 Å². The first kappa shape index (κ1) is 8.48. The number of rotatable bonds is 1. The summed E-state index contributed by atoms with van der Waals surface area (Å²) in [6, 6.07) is 0.494. The Labute approximate surface area is 76.3 Å². The molecule has 4 heteroatoms. The van der Waals surface area contributed by atoms with Gasteiger partial charge in [-0.15, -0.1) is 0 Å². The molecule has 0 atom stereocenters. The number of nitrogens with zero attached hydrogens (tertiary/aromatic N) is 1. The average molecular weight is 353 g/mol. The maximum atomic E-state index is 5.73. The first-order valence-electron chi connectivity index (χ1n) is 3.09. The van der Waals surface area contributed by atoms with Crippen molar-refractivity contribution in [2.45, 2.75) is 18.9 Å². The molecule has 9 heavy (non-hydrogen) atoms. The van der Waals surface area contributed by atoms with Gasteiger partial charge in [-0.3, -0.25) is 0 Å². The summed E-state index contributed by atoms with van der Waals surface area (Å²) in [5.74, 6) is 0. The van der Waals surface area contributed by atoms with Gasteiger partial charge in [0.05, 0.1) is 0 Å². The molecule has 0 aromatic carbocycles. The third-order valence-electron chi connectivity index (χ3n) is 1.58. The minimum atomic E-state index is 0.315. The standard InChI is InChI=1S/C5H11I2N2/c6-7-9-3-1-5(8)2-4-9/h5H,1-4,8H2/q-1. The van der Waals surface area contributed by atoms with E-state index in [0.29, 0.717) is 23.5 Å². The Morgan fingerprint density at radius 2 is 2.00 bits per heavy atom. The summed E-state index contributed by atoms with van der Waals surface area (Å²) in [5.41, 5.74) is 5.73. The topological polar surface area (TPSA) is 29.3 Å². The molecular weight excluding hydrogens is 342 g/mol. The molecule has 0 aromatic heterocycles. The van der Waals surface area contributed by atoms with Crippen LogP contribution in [0.15, 0.2) is 0 Å². The van der Waals surface area contributed by atoms with Crippen molar-refractivity contribution in [1.29, 1.82) is 0 Å². The summed E-state index contributed by atoms with van der Waals surface area (Å²) in [6.45, 7) is 2.49. The van der Waals surface area contributed by atoms with E-state index in [1.807, 2.05) is 0 Å². The molecule has 0 aromatic rings. The number of halogens is 2. The molecule has 0 saturated carbocycles. The number of nitrogens with two attached hydrogens (primary N) is 1.